The topological polar surface area (TPSA) is 29.5 Å². The number of allylic oxidation sites excluding steroid dienone is 3. The van der Waals surface area contributed by atoms with Gasteiger partial charge in [0.2, 0.25) is 0 Å². The fourth-order valence-electron chi connectivity index (χ4n) is 2.65. The van der Waals surface area contributed by atoms with Crippen LogP contribution < -0.4 is 0 Å². The average Bonchev–Trinajstić information content (AvgIpc) is 2.88. The van der Waals surface area contributed by atoms with Gasteiger partial charge in [-0.25, -0.2) is 0 Å². The molecule has 130 valence electrons. The minimum absolute atomic E-state index is 0.0955. The standard InChI is InChI=1S/C19H30ClNO2/c1-15(10-7-6-8-12-20)14-17(19(2,3)4)23-18(22)16-11-9-13-21(16)5/h6-8,12,16-17H,1,9-11,13-14H2,2-5H3. The molecule has 1 aliphatic heterocycles. The maximum Gasteiger partial charge on any atom is 0.323 e. The van der Waals surface area contributed by atoms with E-state index in [9.17, 15) is 4.79 Å². The predicted octanol–water partition coefficient (Wildman–Crippen LogP) is 4.68. The van der Waals surface area contributed by atoms with Crippen LogP contribution in [0.3, 0.4) is 0 Å². The van der Waals surface area contributed by atoms with Crippen molar-refractivity contribution in [2.24, 2.45) is 5.41 Å². The second kappa shape index (κ2) is 9.29. The lowest BCUT2D eigenvalue weighted by Gasteiger charge is -2.32. The lowest BCUT2D eigenvalue weighted by Crippen LogP contribution is -2.40. The summed E-state index contributed by atoms with van der Waals surface area (Å²) in [7, 11) is 1.99. The van der Waals surface area contributed by atoms with Gasteiger partial charge in [0.15, 0.2) is 0 Å². The van der Waals surface area contributed by atoms with Crippen LogP contribution in [0, 0.1) is 5.41 Å². The zero-order valence-corrected chi connectivity index (χ0v) is 15.6. The highest BCUT2D eigenvalue weighted by atomic mass is 35.5. The number of likely N-dealkylation sites (N-methyl/N-ethyl adjacent to an activating group) is 1. The van der Waals surface area contributed by atoms with Crippen LogP contribution in [-0.4, -0.2) is 36.6 Å². The highest BCUT2D eigenvalue weighted by molar-refractivity contribution is 6.25. The highest BCUT2D eigenvalue weighted by Gasteiger charge is 2.34. The van der Waals surface area contributed by atoms with E-state index in [0.29, 0.717) is 6.42 Å². The van der Waals surface area contributed by atoms with Crippen LogP contribution in [0.5, 0.6) is 0 Å². The third-order valence-electron chi connectivity index (χ3n) is 4.22. The van der Waals surface area contributed by atoms with Crippen LogP contribution in [-0.2, 0) is 9.53 Å². The van der Waals surface area contributed by atoms with Crippen LogP contribution in [0.25, 0.3) is 0 Å². The van der Waals surface area contributed by atoms with Gasteiger partial charge in [-0.2, -0.15) is 0 Å². The number of likely N-dealkylation sites (tertiary alicyclic amines) is 1. The number of carbonyl (C=O) groups is 1. The predicted molar refractivity (Wildman–Crippen MR) is 97.5 cm³/mol. The minimum atomic E-state index is -0.159. The van der Waals surface area contributed by atoms with Gasteiger partial charge in [0.05, 0.1) is 0 Å². The largest absolute Gasteiger partial charge is 0.460 e. The van der Waals surface area contributed by atoms with Crippen molar-refractivity contribution in [3.8, 4) is 0 Å². The summed E-state index contributed by atoms with van der Waals surface area (Å²) in [6.07, 6.45) is 8.90. The first-order valence-electron chi connectivity index (χ1n) is 8.25. The van der Waals surface area contributed by atoms with E-state index in [-0.39, 0.29) is 23.5 Å². The monoisotopic (exact) mass is 339 g/mol. The first kappa shape index (κ1) is 20.0. The fraction of sp³-hybridized carbons (Fsp3) is 0.632. The fourth-order valence-corrected chi connectivity index (χ4v) is 2.74. The summed E-state index contributed by atoms with van der Waals surface area (Å²) >= 11 is 5.48. The molecule has 3 nitrogen and oxygen atoms in total. The Labute approximate surface area is 146 Å². The molecule has 0 aromatic carbocycles. The van der Waals surface area contributed by atoms with E-state index >= 15 is 0 Å². The molecule has 23 heavy (non-hydrogen) atoms. The first-order chi connectivity index (χ1) is 10.8. The zero-order valence-electron chi connectivity index (χ0n) is 14.8. The van der Waals surface area contributed by atoms with Gasteiger partial charge >= 0.3 is 5.97 Å². The third kappa shape index (κ3) is 6.92. The summed E-state index contributed by atoms with van der Waals surface area (Å²) in [6, 6.07) is -0.0955. The van der Waals surface area contributed by atoms with Crippen LogP contribution in [0.4, 0.5) is 0 Å². The molecule has 1 heterocycles. The van der Waals surface area contributed by atoms with Crippen LogP contribution >= 0.6 is 11.6 Å². The summed E-state index contributed by atoms with van der Waals surface area (Å²) in [5.74, 6) is -0.0988. The molecular formula is C19H30ClNO2. The Hall–Kier alpha value is -1.06. The Bertz CT molecular complexity index is 462. The molecular weight excluding hydrogens is 310 g/mol. The molecule has 0 aromatic rings. The van der Waals surface area contributed by atoms with Gasteiger partial charge < -0.3 is 4.74 Å². The zero-order chi connectivity index (χ0) is 17.5. The van der Waals surface area contributed by atoms with Crippen LogP contribution in [0.2, 0.25) is 0 Å². The number of halogens is 1. The Kier molecular flexibility index (Phi) is 8.07. The van der Waals surface area contributed by atoms with E-state index in [1.165, 1.54) is 5.54 Å². The Morgan fingerprint density at radius 1 is 1.43 bits per heavy atom. The van der Waals surface area contributed by atoms with Crippen LogP contribution in [0.1, 0.15) is 46.5 Å². The number of carbonyl (C=O) groups excluding carboxylic acids is 1. The summed E-state index contributed by atoms with van der Waals surface area (Å²) in [6.45, 7) is 11.4. The minimum Gasteiger partial charge on any atom is -0.460 e. The van der Waals surface area contributed by atoms with Crippen molar-refractivity contribution in [3.63, 3.8) is 0 Å². The van der Waals surface area contributed by atoms with Crippen molar-refractivity contribution in [2.75, 3.05) is 13.6 Å². The second-order valence-corrected chi connectivity index (χ2v) is 7.59. The van der Waals surface area contributed by atoms with Crippen LogP contribution in [0.15, 0.2) is 35.9 Å². The number of esters is 1. The smallest absolute Gasteiger partial charge is 0.323 e. The molecule has 0 aromatic heterocycles. The third-order valence-corrected chi connectivity index (χ3v) is 4.36. The number of rotatable bonds is 7. The summed E-state index contributed by atoms with van der Waals surface area (Å²) in [5.41, 5.74) is 2.41. The Morgan fingerprint density at radius 2 is 2.13 bits per heavy atom. The maximum absolute atomic E-state index is 12.5. The van der Waals surface area contributed by atoms with Gasteiger partial charge in [0.25, 0.3) is 0 Å². The van der Waals surface area contributed by atoms with E-state index in [1.807, 2.05) is 19.2 Å². The summed E-state index contributed by atoms with van der Waals surface area (Å²) in [4.78, 5) is 14.5. The molecule has 2 atom stereocenters. The van der Waals surface area contributed by atoms with Gasteiger partial charge in [-0.3, -0.25) is 9.69 Å². The van der Waals surface area contributed by atoms with Crippen molar-refractivity contribution in [3.05, 3.63) is 35.9 Å². The number of ether oxygens (including phenoxy) is 1. The molecule has 0 saturated carbocycles. The molecule has 0 bridgehead atoms. The average molecular weight is 340 g/mol. The van der Waals surface area contributed by atoms with Crippen molar-refractivity contribution in [1.82, 2.24) is 4.90 Å². The lowest BCUT2D eigenvalue weighted by atomic mass is 9.84. The molecule has 1 rings (SSSR count). The molecule has 0 N–H and O–H groups in total. The number of nitrogens with zero attached hydrogens (tertiary/aromatic N) is 1. The molecule has 1 aliphatic rings. The van der Waals surface area contributed by atoms with E-state index < -0.39 is 0 Å². The molecule has 1 saturated heterocycles. The highest BCUT2D eigenvalue weighted by Crippen LogP contribution is 2.29. The molecule has 1 fully saturated rings. The van der Waals surface area contributed by atoms with Gasteiger partial charge in [-0.15, -0.1) is 0 Å². The normalized spacial score (nSPS) is 21.2. The molecule has 2 unspecified atom stereocenters. The summed E-state index contributed by atoms with van der Waals surface area (Å²) < 4.78 is 5.87. The first-order valence-corrected chi connectivity index (χ1v) is 8.68. The van der Waals surface area contributed by atoms with E-state index in [4.69, 9.17) is 16.3 Å². The number of hydrogen-bond acceptors (Lipinski definition) is 3. The molecule has 0 radical (unpaired) electrons. The van der Waals surface area contributed by atoms with Gasteiger partial charge in [-0.05, 0) is 38.3 Å². The van der Waals surface area contributed by atoms with Crippen molar-refractivity contribution < 1.29 is 9.53 Å². The van der Waals surface area contributed by atoms with Crippen molar-refractivity contribution in [2.45, 2.75) is 58.6 Å². The van der Waals surface area contributed by atoms with E-state index in [0.717, 1.165) is 31.4 Å². The second-order valence-electron chi connectivity index (χ2n) is 7.34. The summed E-state index contributed by atoms with van der Waals surface area (Å²) in [5, 5.41) is 0. The van der Waals surface area contributed by atoms with E-state index in [1.54, 1.807) is 6.08 Å². The quantitative estimate of drug-likeness (QED) is 0.383. The lowest BCUT2D eigenvalue weighted by molar-refractivity contribution is -0.159. The van der Waals surface area contributed by atoms with Gasteiger partial charge in [0, 0.05) is 12.0 Å². The Balaban J connectivity index is 2.62. The molecule has 4 heteroatoms. The maximum atomic E-state index is 12.5. The molecule has 0 amide bonds. The van der Waals surface area contributed by atoms with Gasteiger partial charge in [-0.1, -0.05) is 62.8 Å². The Morgan fingerprint density at radius 3 is 2.65 bits per heavy atom. The molecule has 0 aliphatic carbocycles. The van der Waals surface area contributed by atoms with E-state index in [2.05, 4.69) is 32.3 Å². The van der Waals surface area contributed by atoms with Crippen molar-refractivity contribution >= 4 is 17.6 Å². The number of hydrogen-bond donors (Lipinski definition) is 0. The molecule has 0 spiro atoms. The van der Waals surface area contributed by atoms with Crippen molar-refractivity contribution in [1.29, 1.82) is 0 Å². The SMILES string of the molecule is C=C(CC=CC=CCl)CC(OC(=O)C1CCCN1C)C(C)(C)C. The van der Waals surface area contributed by atoms with Gasteiger partial charge in [0.1, 0.15) is 12.1 Å².